The topological polar surface area (TPSA) is 87.3 Å². The minimum Gasteiger partial charge on any atom is -0.340 e. The van der Waals surface area contributed by atoms with Crippen LogP contribution in [0.5, 0.6) is 0 Å². The molecule has 1 atom stereocenters. The Bertz CT molecular complexity index is 918. The van der Waals surface area contributed by atoms with Gasteiger partial charge in [-0.25, -0.2) is 4.39 Å². The average molecular weight is 413 g/mol. The first-order valence-electron chi connectivity index (χ1n) is 9.77. The lowest BCUT2D eigenvalue weighted by Crippen LogP contribution is -2.54. The van der Waals surface area contributed by atoms with E-state index in [0.717, 1.165) is 11.6 Å². The largest absolute Gasteiger partial charge is 0.340 e. The maximum atomic E-state index is 13.7. The van der Waals surface area contributed by atoms with Gasteiger partial charge in [-0.15, -0.1) is 0 Å². The van der Waals surface area contributed by atoms with Crippen LogP contribution in [0.1, 0.15) is 60.9 Å². The molecular formula is C23H28FN3O3. The average Bonchev–Trinajstić information content (AvgIpc) is 2.69. The van der Waals surface area contributed by atoms with Crippen molar-refractivity contribution in [1.82, 2.24) is 16.2 Å². The molecule has 0 bridgehead atoms. The molecule has 30 heavy (non-hydrogen) atoms. The summed E-state index contributed by atoms with van der Waals surface area (Å²) in [4.78, 5) is 37.2. The number of carbonyl (C=O) groups is 3. The lowest BCUT2D eigenvalue weighted by molar-refractivity contribution is -0.124. The van der Waals surface area contributed by atoms with Crippen molar-refractivity contribution in [1.29, 1.82) is 0 Å². The maximum Gasteiger partial charge on any atom is 0.272 e. The zero-order chi connectivity index (χ0) is 22.5. The summed E-state index contributed by atoms with van der Waals surface area (Å²) < 4.78 is 13.7. The molecular weight excluding hydrogens is 385 g/mol. The van der Waals surface area contributed by atoms with Crippen molar-refractivity contribution in [2.75, 3.05) is 0 Å². The van der Waals surface area contributed by atoms with Gasteiger partial charge in [-0.2, -0.15) is 0 Å². The first-order valence-corrected chi connectivity index (χ1v) is 9.77. The molecule has 2 rings (SSSR count). The summed E-state index contributed by atoms with van der Waals surface area (Å²) in [5, 5.41) is 2.69. The van der Waals surface area contributed by atoms with E-state index in [1.807, 2.05) is 12.1 Å². The van der Waals surface area contributed by atoms with Gasteiger partial charge < -0.3 is 5.32 Å². The fourth-order valence-electron chi connectivity index (χ4n) is 2.79. The number of carbonyl (C=O) groups excluding carboxylic acids is 3. The predicted octanol–water partition coefficient (Wildman–Crippen LogP) is 3.34. The van der Waals surface area contributed by atoms with Gasteiger partial charge in [0.2, 0.25) is 0 Å². The van der Waals surface area contributed by atoms with E-state index in [1.54, 1.807) is 26.0 Å². The molecule has 3 N–H and O–H groups in total. The predicted molar refractivity (Wildman–Crippen MR) is 113 cm³/mol. The number of nitrogens with one attached hydrogen (secondary N) is 3. The third-order valence-electron chi connectivity index (χ3n) is 4.67. The Kier molecular flexibility index (Phi) is 7.32. The number of amides is 3. The highest BCUT2D eigenvalue weighted by molar-refractivity contribution is 5.99. The van der Waals surface area contributed by atoms with E-state index in [0.29, 0.717) is 5.56 Å². The highest BCUT2D eigenvalue weighted by Crippen LogP contribution is 2.22. The summed E-state index contributed by atoms with van der Waals surface area (Å²) in [6.45, 7) is 9.78. The Labute approximate surface area is 176 Å². The van der Waals surface area contributed by atoms with Crippen LogP contribution < -0.4 is 16.2 Å². The zero-order valence-electron chi connectivity index (χ0n) is 17.9. The Morgan fingerprint density at radius 1 is 0.867 bits per heavy atom. The smallest absolute Gasteiger partial charge is 0.272 e. The summed E-state index contributed by atoms with van der Waals surface area (Å²) in [6.07, 6.45) is 0. The summed E-state index contributed by atoms with van der Waals surface area (Å²) in [6, 6.07) is 11.7. The minimum absolute atomic E-state index is 0.0359. The second-order valence-electron chi connectivity index (χ2n) is 8.45. The van der Waals surface area contributed by atoms with Gasteiger partial charge in [-0.3, -0.25) is 25.2 Å². The van der Waals surface area contributed by atoms with Crippen LogP contribution in [0.3, 0.4) is 0 Å². The van der Waals surface area contributed by atoms with Crippen molar-refractivity contribution in [3.63, 3.8) is 0 Å². The molecule has 6 nitrogen and oxygen atoms in total. The van der Waals surface area contributed by atoms with E-state index in [4.69, 9.17) is 0 Å². The number of rotatable bonds is 5. The van der Waals surface area contributed by atoms with Gasteiger partial charge in [0.15, 0.2) is 0 Å². The molecule has 0 saturated carbocycles. The van der Waals surface area contributed by atoms with Crippen LogP contribution in [0.2, 0.25) is 0 Å². The van der Waals surface area contributed by atoms with Gasteiger partial charge in [-0.05, 0) is 41.2 Å². The summed E-state index contributed by atoms with van der Waals surface area (Å²) >= 11 is 0. The molecule has 7 heteroatoms. The van der Waals surface area contributed by atoms with Gasteiger partial charge >= 0.3 is 0 Å². The first-order chi connectivity index (χ1) is 14.0. The summed E-state index contributed by atoms with van der Waals surface area (Å²) in [7, 11) is 0. The standard InChI is InChI=1S/C23H28FN3O3/c1-14(2)19(22(30)27-26-21(29)17-8-6-7-9-18(17)24)25-20(28)15-10-12-16(13-11-15)23(3,4)5/h6-14,19H,1-5H3,(H,25,28)(H,26,29)(H,27,30). The van der Waals surface area contributed by atoms with Crippen LogP contribution >= 0.6 is 0 Å². The van der Waals surface area contributed by atoms with E-state index >= 15 is 0 Å². The zero-order valence-corrected chi connectivity index (χ0v) is 17.9. The maximum absolute atomic E-state index is 13.7. The van der Waals surface area contributed by atoms with Crippen LogP contribution in [-0.2, 0) is 10.2 Å². The summed E-state index contributed by atoms with van der Waals surface area (Å²) in [5.74, 6) is -2.73. The lowest BCUT2D eigenvalue weighted by atomic mass is 9.86. The third-order valence-corrected chi connectivity index (χ3v) is 4.67. The molecule has 2 aromatic rings. The van der Waals surface area contributed by atoms with Gasteiger partial charge in [0, 0.05) is 5.56 Å². The molecule has 0 radical (unpaired) electrons. The summed E-state index contributed by atoms with van der Waals surface area (Å²) in [5.41, 5.74) is 5.73. The van der Waals surface area contributed by atoms with Gasteiger partial charge in [0.05, 0.1) is 5.56 Å². The van der Waals surface area contributed by atoms with Crippen molar-refractivity contribution >= 4 is 17.7 Å². The Morgan fingerprint density at radius 2 is 1.47 bits per heavy atom. The molecule has 3 amide bonds. The van der Waals surface area contributed by atoms with Crippen molar-refractivity contribution in [3.05, 3.63) is 71.0 Å². The van der Waals surface area contributed by atoms with Crippen LogP contribution in [0.4, 0.5) is 4.39 Å². The molecule has 0 aliphatic carbocycles. The molecule has 0 saturated heterocycles. The van der Waals surface area contributed by atoms with Crippen molar-refractivity contribution in [3.8, 4) is 0 Å². The molecule has 0 aromatic heterocycles. The van der Waals surface area contributed by atoms with Crippen LogP contribution in [0, 0.1) is 11.7 Å². The second-order valence-corrected chi connectivity index (χ2v) is 8.45. The monoisotopic (exact) mass is 413 g/mol. The normalized spacial score (nSPS) is 12.2. The fourth-order valence-corrected chi connectivity index (χ4v) is 2.79. The number of halogens is 1. The van der Waals surface area contributed by atoms with Gasteiger partial charge in [0.1, 0.15) is 11.9 Å². The molecule has 0 heterocycles. The molecule has 0 spiro atoms. The van der Waals surface area contributed by atoms with Crippen molar-refractivity contribution < 1.29 is 18.8 Å². The Balaban J connectivity index is 2.02. The van der Waals surface area contributed by atoms with Gasteiger partial charge in [0.25, 0.3) is 17.7 Å². The SMILES string of the molecule is CC(C)C(NC(=O)c1ccc(C(C)(C)C)cc1)C(=O)NNC(=O)c1ccccc1F. The van der Waals surface area contributed by atoms with Crippen LogP contribution in [0.15, 0.2) is 48.5 Å². The lowest BCUT2D eigenvalue weighted by Gasteiger charge is -2.22. The van der Waals surface area contributed by atoms with Crippen LogP contribution in [-0.4, -0.2) is 23.8 Å². The Hall–Kier alpha value is -3.22. The molecule has 1 unspecified atom stereocenters. The first kappa shape index (κ1) is 23.1. The number of hydrogen-bond donors (Lipinski definition) is 3. The number of benzene rings is 2. The van der Waals surface area contributed by atoms with E-state index in [2.05, 4.69) is 36.9 Å². The second kappa shape index (κ2) is 9.52. The number of hydrogen-bond acceptors (Lipinski definition) is 3. The highest BCUT2D eigenvalue weighted by atomic mass is 19.1. The third kappa shape index (κ3) is 5.89. The van der Waals surface area contributed by atoms with E-state index < -0.39 is 29.6 Å². The molecule has 160 valence electrons. The van der Waals surface area contributed by atoms with E-state index in [-0.39, 0.29) is 16.9 Å². The molecule has 0 aliphatic heterocycles. The fraction of sp³-hybridized carbons (Fsp3) is 0.348. The van der Waals surface area contributed by atoms with Gasteiger partial charge in [-0.1, -0.05) is 58.9 Å². The molecule has 0 fully saturated rings. The molecule has 0 aliphatic rings. The minimum atomic E-state index is -0.888. The van der Waals surface area contributed by atoms with Crippen LogP contribution in [0.25, 0.3) is 0 Å². The van der Waals surface area contributed by atoms with Crippen molar-refractivity contribution in [2.45, 2.75) is 46.1 Å². The van der Waals surface area contributed by atoms with E-state index in [9.17, 15) is 18.8 Å². The van der Waals surface area contributed by atoms with E-state index in [1.165, 1.54) is 18.2 Å². The number of hydrazine groups is 1. The highest BCUT2D eigenvalue weighted by Gasteiger charge is 2.25. The van der Waals surface area contributed by atoms with Crippen molar-refractivity contribution in [2.24, 2.45) is 5.92 Å². The quantitative estimate of drug-likeness (QED) is 0.657. The molecule has 2 aromatic carbocycles. The Morgan fingerprint density at radius 3 is 2.00 bits per heavy atom.